The molecule has 0 fully saturated rings. The van der Waals surface area contributed by atoms with Gasteiger partial charge in [-0.1, -0.05) is 79.0 Å². The van der Waals surface area contributed by atoms with Gasteiger partial charge < -0.3 is 9.67 Å². The molecule has 0 saturated heterocycles. The number of rotatable bonds is 7. The smallest absolute Gasteiger partial charge is 0.336 e. The highest BCUT2D eigenvalue weighted by Crippen LogP contribution is 2.26. The first-order valence-electron chi connectivity index (χ1n) is 10.7. The summed E-state index contributed by atoms with van der Waals surface area (Å²) in [6.07, 6.45) is 2.80. The standard InChI is InChI=1S/C26H22Cl2N2O3/c1-2-3-8-24-29-22-13-20(27)25(31)21(28)14-23(22)30(24)15-16-9-11-17(12-10-16)18-6-4-5-7-19(18)26(32)33/h4-7,9-14H,2-3,8,15H2,1H3,(H,32,33). The van der Waals surface area contributed by atoms with Crippen LogP contribution in [0, 0.1) is 0 Å². The van der Waals surface area contributed by atoms with Crippen LogP contribution in [0.2, 0.25) is 10.0 Å². The molecule has 0 aliphatic rings. The van der Waals surface area contributed by atoms with E-state index in [1.807, 2.05) is 30.3 Å². The third-order valence-corrected chi connectivity index (χ3v) is 6.15. The second-order valence-electron chi connectivity index (χ2n) is 7.85. The van der Waals surface area contributed by atoms with E-state index in [0.29, 0.717) is 17.6 Å². The zero-order valence-corrected chi connectivity index (χ0v) is 19.5. The van der Waals surface area contributed by atoms with E-state index in [-0.39, 0.29) is 15.6 Å². The summed E-state index contributed by atoms with van der Waals surface area (Å²) in [6, 6.07) is 17.9. The number of aryl methyl sites for hydroxylation is 1. The molecule has 1 aromatic heterocycles. The topological polar surface area (TPSA) is 72.2 Å². The molecule has 0 saturated carbocycles. The minimum absolute atomic E-state index is 0.0446. The SMILES string of the molecule is CCCCc1nc2cc(Cl)c(=O)c(Cl)cc2n1Cc1ccc(-c2ccccc2C(=O)O)cc1. The van der Waals surface area contributed by atoms with Gasteiger partial charge in [-0.3, -0.25) is 4.79 Å². The van der Waals surface area contributed by atoms with Crippen molar-refractivity contribution in [3.63, 3.8) is 0 Å². The molecular formula is C26H22Cl2N2O3. The number of carboxylic acids is 1. The van der Waals surface area contributed by atoms with E-state index in [2.05, 4.69) is 11.5 Å². The molecule has 0 amide bonds. The third-order valence-electron chi connectivity index (χ3n) is 5.59. The van der Waals surface area contributed by atoms with Gasteiger partial charge in [0.1, 0.15) is 5.82 Å². The maximum atomic E-state index is 12.2. The van der Waals surface area contributed by atoms with Gasteiger partial charge in [-0.25, -0.2) is 9.78 Å². The maximum absolute atomic E-state index is 12.2. The number of carboxylic acid groups (broad SMARTS) is 1. The lowest BCUT2D eigenvalue weighted by atomic mass is 9.99. The van der Waals surface area contributed by atoms with E-state index < -0.39 is 11.4 Å². The minimum atomic E-state index is -0.957. The lowest BCUT2D eigenvalue weighted by molar-refractivity contribution is 0.0697. The van der Waals surface area contributed by atoms with Crippen molar-refractivity contribution in [1.29, 1.82) is 0 Å². The fourth-order valence-corrected chi connectivity index (χ4v) is 4.33. The normalized spacial score (nSPS) is 11.1. The van der Waals surface area contributed by atoms with Crippen LogP contribution in [0.1, 0.15) is 41.5 Å². The molecule has 1 N–H and O–H groups in total. The second kappa shape index (κ2) is 9.77. The Kier molecular flexibility index (Phi) is 6.82. The number of halogens is 2. The number of imidazole rings is 1. The van der Waals surface area contributed by atoms with E-state index in [1.54, 1.807) is 30.3 Å². The number of aromatic nitrogens is 2. The largest absolute Gasteiger partial charge is 0.478 e. The highest BCUT2D eigenvalue weighted by atomic mass is 35.5. The van der Waals surface area contributed by atoms with E-state index in [0.717, 1.165) is 41.7 Å². The maximum Gasteiger partial charge on any atom is 0.336 e. The Morgan fingerprint density at radius 1 is 1.03 bits per heavy atom. The molecule has 0 radical (unpaired) electrons. The van der Waals surface area contributed by atoms with Gasteiger partial charge in [0.25, 0.3) is 0 Å². The monoisotopic (exact) mass is 480 g/mol. The number of aromatic carboxylic acids is 1. The molecule has 4 aromatic rings. The quantitative estimate of drug-likeness (QED) is 0.329. The molecule has 0 bridgehead atoms. The first kappa shape index (κ1) is 23.0. The number of hydrogen-bond donors (Lipinski definition) is 1. The fraction of sp³-hybridized carbons (Fsp3) is 0.192. The van der Waals surface area contributed by atoms with Crippen LogP contribution in [0.15, 0.2) is 65.5 Å². The number of hydrogen-bond acceptors (Lipinski definition) is 3. The van der Waals surface area contributed by atoms with Crippen LogP contribution in [0.25, 0.3) is 22.2 Å². The highest BCUT2D eigenvalue weighted by Gasteiger charge is 2.15. The molecule has 4 rings (SSSR count). The van der Waals surface area contributed by atoms with Crippen molar-refractivity contribution in [2.45, 2.75) is 32.7 Å². The van der Waals surface area contributed by atoms with Crippen molar-refractivity contribution >= 4 is 40.2 Å². The average Bonchev–Trinajstić information content (AvgIpc) is 3.07. The number of carbonyl (C=O) groups is 1. The predicted octanol–water partition coefficient (Wildman–Crippen LogP) is 6.46. The van der Waals surface area contributed by atoms with Gasteiger partial charge in [-0.2, -0.15) is 0 Å². The summed E-state index contributed by atoms with van der Waals surface area (Å²) in [5.41, 5.74) is 3.73. The third kappa shape index (κ3) is 4.80. The summed E-state index contributed by atoms with van der Waals surface area (Å²) in [7, 11) is 0. The van der Waals surface area contributed by atoms with Crippen molar-refractivity contribution in [3.05, 3.63) is 97.9 Å². The summed E-state index contributed by atoms with van der Waals surface area (Å²) in [5, 5.41) is 9.58. The minimum Gasteiger partial charge on any atom is -0.478 e. The van der Waals surface area contributed by atoms with Crippen LogP contribution in [-0.4, -0.2) is 20.6 Å². The first-order valence-corrected chi connectivity index (χ1v) is 11.4. The van der Waals surface area contributed by atoms with E-state index in [1.165, 1.54) is 0 Å². The van der Waals surface area contributed by atoms with E-state index in [9.17, 15) is 14.7 Å². The zero-order chi connectivity index (χ0) is 23.5. The number of fused-ring (bicyclic) bond motifs is 1. The van der Waals surface area contributed by atoms with Gasteiger partial charge in [-0.15, -0.1) is 0 Å². The zero-order valence-electron chi connectivity index (χ0n) is 18.0. The van der Waals surface area contributed by atoms with Gasteiger partial charge in [0, 0.05) is 13.0 Å². The summed E-state index contributed by atoms with van der Waals surface area (Å²) >= 11 is 12.3. The molecule has 33 heavy (non-hydrogen) atoms. The first-order chi connectivity index (χ1) is 15.9. The number of nitrogens with zero attached hydrogens (tertiary/aromatic N) is 2. The van der Waals surface area contributed by atoms with Crippen LogP contribution < -0.4 is 5.43 Å². The van der Waals surface area contributed by atoms with Gasteiger partial charge >= 0.3 is 5.97 Å². The predicted molar refractivity (Wildman–Crippen MR) is 133 cm³/mol. The van der Waals surface area contributed by atoms with Crippen LogP contribution in [0.3, 0.4) is 0 Å². The summed E-state index contributed by atoms with van der Waals surface area (Å²) in [4.78, 5) is 28.5. The molecule has 5 nitrogen and oxygen atoms in total. The van der Waals surface area contributed by atoms with Crippen molar-refractivity contribution < 1.29 is 9.90 Å². The molecule has 168 valence electrons. The van der Waals surface area contributed by atoms with Gasteiger partial charge in [0.2, 0.25) is 5.43 Å². The molecule has 7 heteroatoms. The number of unbranched alkanes of at least 4 members (excludes halogenated alkanes) is 1. The number of benzene rings is 2. The Balaban J connectivity index is 1.75. The van der Waals surface area contributed by atoms with E-state index >= 15 is 0 Å². The van der Waals surface area contributed by atoms with Crippen molar-refractivity contribution in [2.24, 2.45) is 0 Å². The Morgan fingerprint density at radius 3 is 2.42 bits per heavy atom. The van der Waals surface area contributed by atoms with Gasteiger partial charge in [0.05, 0.1) is 26.6 Å². The molecule has 0 spiro atoms. The Labute approximate surface area is 201 Å². The Bertz CT molecular complexity index is 1400. The summed E-state index contributed by atoms with van der Waals surface area (Å²) in [5.74, 6) is -0.0563. The van der Waals surface area contributed by atoms with Crippen molar-refractivity contribution in [1.82, 2.24) is 9.55 Å². The molecule has 0 atom stereocenters. The van der Waals surface area contributed by atoms with Crippen LogP contribution in [0.5, 0.6) is 0 Å². The molecule has 0 unspecified atom stereocenters. The lowest BCUT2D eigenvalue weighted by Gasteiger charge is -2.11. The molecule has 0 aliphatic carbocycles. The van der Waals surface area contributed by atoms with Gasteiger partial charge in [-0.05, 0) is 41.3 Å². The van der Waals surface area contributed by atoms with Crippen molar-refractivity contribution in [3.8, 4) is 11.1 Å². The van der Waals surface area contributed by atoms with Crippen LogP contribution in [-0.2, 0) is 13.0 Å². The highest BCUT2D eigenvalue weighted by molar-refractivity contribution is 6.34. The van der Waals surface area contributed by atoms with E-state index in [4.69, 9.17) is 28.2 Å². The molecule has 1 heterocycles. The second-order valence-corrected chi connectivity index (χ2v) is 8.66. The van der Waals surface area contributed by atoms with Gasteiger partial charge in [0.15, 0.2) is 0 Å². The molecule has 0 aliphatic heterocycles. The van der Waals surface area contributed by atoms with Crippen LogP contribution >= 0.6 is 23.2 Å². The van der Waals surface area contributed by atoms with Crippen LogP contribution in [0.4, 0.5) is 0 Å². The Morgan fingerprint density at radius 2 is 1.73 bits per heavy atom. The lowest BCUT2D eigenvalue weighted by Crippen LogP contribution is -2.06. The molecular weight excluding hydrogens is 459 g/mol. The molecule has 3 aromatic carbocycles. The Hall–Kier alpha value is -3.15. The average molecular weight is 481 g/mol. The summed E-state index contributed by atoms with van der Waals surface area (Å²) in [6.45, 7) is 2.65. The van der Waals surface area contributed by atoms with Crippen molar-refractivity contribution in [2.75, 3.05) is 0 Å². The fourth-order valence-electron chi connectivity index (χ4n) is 3.87. The summed E-state index contributed by atoms with van der Waals surface area (Å²) < 4.78 is 2.06.